The zero-order chi connectivity index (χ0) is 22.3. The van der Waals surface area contributed by atoms with E-state index < -0.39 is 12.7 Å². The molecule has 2 saturated heterocycles. The predicted molar refractivity (Wildman–Crippen MR) is 119 cm³/mol. The minimum Gasteiger partial charge on any atom is -0.357 e. The van der Waals surface area contributed by atoms with Crippen molar-refractivity contribution in [3.8, 4) is 0 Å². The Morgan fingerprint density at radius 2 is 1.94 bits per heavy atom. The van der Waals surface area contributed by atoms with Crippen LogP contribution in [0.15, 0.2) is 35.3 Å². The molecule has 0 bridgehead atoms. The number of guanidine groups is 1. The molecule has 0 aromatic heterocycles. The molecule has 8 heteroatoms. The van der Waals surface area contributed by atoms with Gasteiger partial charge in [-0.1, -0.05) is 30.3 Å². The third kappa shape index (κ3) is 8.00. The molecule has 2 N–H and O–H groups in total. The lowest BCUT2D eigenvalue weighted by Crippen LogP contribution is -2.51. The van der Waals surface area contributed by atoms with E-state index in [-0.39, 0.29) is 5.92 Å². The summed E-state index contributed by atoms with van der Waals surface area (Å²) in [5, 5.41) is 6.86. The van der Waals surface area contributed by atoms with Gasteiger partial charge in [0.15, 0.2) is 5.96 Å². The van der Waals surface area contributed by atoms with Gasteiger partial charge in [-0.05, 0) is 51.1 Å². The Bertz CT molecular complexity index is 694. The van der Waals surface area contributed by atoms with Crippen LogP contribution in [0.3, 0.4) is 0 Å². The number of aliphatic imine (C=N–C) groups is 1. The highest BCUT2D eigenvalue weighted by atomic mass is 19.4. The van der Waals surface area contributed by atoms with Crippen LogP contribution in [0.4, 0.5) is 13.2 Å². The molecule has 174 valence electrons. The average molecular weight is 440 g/mol. The number of nitrogens with one attached hydrogen (secondary N) is 2. The minimum absolute atomic E-state index is 0.185. The Morgan fingerprint density at radius 3 is 2.61 bits per heavy atom. The number of rotatable bonds is 7. The van der Waals surface area contributed by atoms with Crippen LogP contribution < -0.4 is 10.6 Å². The van der Waals surface area contributed by atoms with E-state index in [0.29, 0.717) is 31.7 Å². The second-order valence-corrected chi connectivity index (χ2v) is 8.90. The van der Waals surface area contributed by atoms with Crippen molar-refractivity contribution >= 4 is 5.96 Å². The van der Waals surface area contributed by atoms with E-state index in [2.05, 4.69) is 46.7 Å². The van der Waals surface area contributed by atoms with E-state index >= 15 is 0 Å². The summed E-state index contributed by atoms with van der Waals surface area (Å²) in [5.41, 5.74) is 1.34. The third-order valence-electron chi connectivity index (χ3n) is 6.21. The van der Waals surface area contributed by atoms with Crippen LogP contribution in [0.25, 0.3) is 0 Å². The van der Waals surface area contributed by atoms with Crippen molar-refractivity contribution in [2.24, 2.45) is 10.9 Å². The zero-order valence-corrected chi connectivity index (χ0v) is 18.7. The summed E-state index contributed by atoms with van der Waals surface area (Å²) in [6, 6.07) is 11.4. The highest BCUT2D eigenvalue weighted by Crippen LogP contribution is 2.23. The molecule has 2 aliphatic heterocycles. The molecule has 2 aliphatic rings. The molecule has 0 amide bonds. The average Bonchev–Trinajstić information content (AvgIpc) is 3.15. The van der Waals surface area contributed by atoms with Crippen LogP contribution in [0.1, 0.15) is 38.7 Å². The number of hydrogen-bond acceptors (Lipinski definition) is 3. The number of benzene rings is 1. The first-order chi connectivity index (χ1) is 14.8. The standard InChI is InChI=1S/C23H36F3N5/c1-3-27-22(28-14-20-9-11-30(15-20)17-23(24,25)26)29-21-10-12-31(18(2)13-21)16-19-7-5-4-6-8-19/h4-8,18,20-21H,3,9-17H2,1-2H3,(H2,27,28,29). The summed E-state index contributed by atoms with van der Waals surface area (Å²) in [7, 11) is 0. The quantitative estimate of drug-likeness (QED) is 0.504. The molecule has 3 atom stereocenters. The fourth-order valence-corrected chi connectivity index (χ4v) is 4.60. The maximum atomic E-state index is 12.6. The van der Waals surface area contributed by atoms with E-state index in [4.69, 9.17) is 4.99 Å². The molecule has 31 heavy (non-hydrogen) atoms. The van der Waals surface area contributed by atoms with Crippen LogP contribution in [-0.2, 0) is 6.54 Å². The molecule has 0 aliphatic carbocycles. The van der Waals surface area contributed by atoms with E-state index in [1.165, 1.54) is 10.5 Å². The predicted octanol–water partition coefficient (Wildman–Crippen LogP) is 3.48. The van der Waals surface area contributed by atoms with Gasteiger partial charge in [-0.15, -0.1) is 0 Å². The molecular weight excluding hydrogens is 403 g/mol. The van der Waals surface area contributed by atoms with Crippen LogP contribution in [0.5, 0.6) is 0 Å². The van der Waals surface area contributed by atoms with E-state index in [1.807, 2.05) is 13.0 Å². The van der Waals surface area contributed by atoms with Crippen molar-refractivity contribution in [3.63, 3.8) is 0 Å². The van der Waals surface area contributed by atoms with Crippen LogP contribution in [0, 0.1) is 5.92 Å². The molecule has 1 aromatic rings. The molecule has 3 rings (SSSR count). The maximum absolute atomic E-state index is 12.6. The fraction of sp³-hybridized carbons (Fsp3) is 0.696. The van der Waals surface area contributed by atoms with Gasteiger partial charge in [-0.2, -0.15) is 13.2 Å². The Morgan fingerprint density at radius 1 is 1.16 bits per heavy atom. The van der Waals surface area contributed by atoms with E-state index in [0.717, 1.165) is 44.9 Å². The highest BCUT2D eigenvalue weighted by Gasteiger charge is 2.34. The molecule has 0 spiro atoms. The van der Waals surface area contributed by atoms with Crippen molar-refractivity contribution < 1.29 is 13.2 Å². The van der Waals surface area contributed by atoms with Crippen molar-refractivity contribution in [1.29, 1.82) is 0 Å². The van der Waals surface area contributed by atoms with Gasteiger partial charge in [0.25, 0.3) is 0 Å². The Labute approximate surface area is 184 Å². The molecular formula is C23H36F3N5. The van der Waals surface area contributed by atoms with Crippen LogP contribution in [0.2, 0.25) is 0 Å². The van der Waals surface area contributed by atoms with Gasteiger partial charge in [0.2, 0.25) is 0 Å². The summed E-state index contributed by atoms with van der Waals surface area (Å²) < 4.78 is 37.8. The van der Waals surface area contributed by atoms with Crippen molar-refractivity contribution in [2.75, 3.05) is 39.3 Å². The molecule has 2 fully saturated rings. The molecule has 3 unspecified atom stereocenters. The first-order valence-electron chi connectivity index (χ1n) is 11.4. The summed E-state index contributed by atoms with van der Waals surface area (Å²) in [5.74, 6) is 0.968. The first-order valence-corrected chi connectivity index (χ1v) is 11.4. The number of nitrogens with zero attached hydrogens (tertiary/aromatic N) is 3. The Balaban J connectivity index is 1.46. The summed E-state index contributed by atoms with van der Waals surface area (Å²) in [6.45, 7) is 7.78. The molecule has 2 heterocycles. The first kappa shape index (κ1) is 23.9. The molecule has 1 aromatic carbocycles. The number of likely N-dealkylation sites (tertiary alicyclic amines) is 2. The number of hydrogen-bond donors (Lipinski definition) is 2. The summed E-state index contributed by atoms with van der Waals surface area (Å²) in [4.78, 5) is 8.72. The van der Waals surface area contributed by atoms with Crippen LogP contribution >= 0.6 is 0 Å². The lowest BCUT2D eigenvalue weighted by molar-refractivity contribution is -0.143. The van der Waals surface area contributed by atoms with Crippen molar-refractivity contribution in [1.82, 2.24) is 20.4 Å². The second kappa shape index (κ2) is 11.2. The molecule has 5 nitrogen and oxygen atoms in total. The van der Waals surface area contributed by atoms with Gasteiger partial charge >= 0.3 is 6.18 Å². The van der Waals surface area contributed by atoms with Gasteiger partial charge in [0.1, 0.15) is 0 Å². The zero-order valence-electron chi connectivity index (χ0n) is 18.7. The SMILES string of the molecule is CCNC(=NCC1CCN(CC(F)(F)F)C1)NC1CCN(Cc2ccccc2)C(C)C1. The normalized spacial score (nSPS) is 26.2. The lowest BCUT2D eigenvalue weighted by atomic mass is 9.97. The largest absolute Gasteiger partial charge is 0.401 e. The van der Waals surface area contributed by atoms with Gasteiger partial charge < -0.3 is 10.6 Å². The highest BCUT2D eigenvalue weighted by molar-refractivity contribution is 5.80. The third-order valence-corrected chi connectivity index (χ3v) is 6.21. The lowest BCUT2D eigenvalue weighted by Gasteiger charge is -2.38. The van der Waals surface area contributed by atoms with Gasteiger partial charge in [-0.3, -0.25) is 14.8 Å². The van der Waals surface area contributed by atoms with E-state index in [1.54, 1.807) is 0 Å². The number of alkyl halides is 3. The fourth-order valence-electron chi connectivity index (χ4n) is 4.60. The van der Waals surface area contributed by atoms with Gasteiger partial charge in [-0.25, -0.2) is 0 Å². The Kier molecular flexibility index (Phi) is 8.60. The minimum atomic E-state index is -4.12. The topological polar surface area (TPSA) is 42.9 Å². The number of piperidine rings is 1. The summed E-state index contributed by atoms with van der Waals surface area (Å²) in [6.07, 6.45) is -1.26. The Hall–Kier alpha value is -1.80. The van der Waals surface area contributed by atoms with Gasteiger partial charge in [0, 0.05) is 44.8 Å². The monoisotopic (exact) mass is 439 g/mol. The number of halogens is 3. The second-order valence-electron chi connectivity index (χ2n) is 8.90. The maximum Gasteiger partial charge on any atom is 0.401 e. The smallest absolute Gasteiger partial charge is 0.357 e. The van der Waals surface area contributed by atoms with Crippen LogP contribution in [-0.4, -0.2) is 73.3 Å². The van der Waals surface area contributed by atoms with E-state index in [9.17, 15) is 13.2 Å². The molecule has 0 radical (unpaired) electrons. The van der Waals surface area contributed by atoms with Crippen molar-refractivity contribution in [3.05, 3.63) is 35.9 Å². The molecule has 0 saturated carbocycles. The summed E-state index contributed by atoms with van der Waals surface area (Å²) >= 11 is 0. The van der Waals surface area contributed by atoms with Gasteiger partial charge in [0.05, 0.1) is 6.54 Å². The van der Waals surface area contributed by atoms with Crippen molar-refractivity contribution in [2.45, 2.75) is 57.9 Å².